The van der Waals surface area contributed by atoms with E-state index in [2.05, 4.69) is 20.9 Å². The van der Waals surface area contributed by atoms with Crippen molar-refractivity contribution in [3.05, 3.63) is 34.2 Å². The van der Waals surface area contributed by atoms with Crippen LogP contribution < -0.4 is 0 Å². The van der Waals surface area contributed by atoms with Crippen LogP contribution in [0.3, 0.4) is 0 Å². The fourth-order valence-corrected chi connectivity index (χ4v) is 2.19. The van der Waals surface area contributed by atoms with Gasteiger partial charge in [0, 0.05) is 6.92 Å². The van der Waals surface area contributed by atoms with Crippen molar-refractivity contribution in [2.75, 3.05) is 0 Å². The molecule has 0 bridgehead atoms. The first-order valence-corrected chi connectivity index (χ1v) is 4.87. The Labute approximate surface area is 88.2 Å². The zero-order valence-electron chi connectivity index (χ0n) is 7.40. The van der Waals surface area contributed by atoms with Gasteiger partial charge in [-0.15, -0.1) is 0 Å². The molecule has 0 aliphatic carbocycles. The summed E-state index contributed by atoms with van der Waals surface area (Å²) in [4.78, 5) is 14.0. The molecule has 1 N–H and O–H groups in total. The van der Waals surface area contributed by atoms with Crippen molar-refractivity contribution < 1.29 is 9.18 Å². The van der Waals surface area contributed by atoms with E-state index in [4.69, 9.17) is 0 Å². The fourth-order valence-electron chi connectivity index (χ4n) is 1.41. The standard InChI is InChI=1S/C10H7BrFNO/c1-5(14)10-9(11)8-6(12)3-2-4-7(8)13-10/h2-4,13H,1H3. The molecule has 2 rings (SSSR count). The second kappa shape index (κ2) is 3.20. The van der Waals surface area contributed by atoms with Crippen molar-refractivity contribution in [1.29, 1.82) is 0 Å². The number of fused-ring (bicyclic) bond motifs is 1. The molecule has 4 heteroatoms. The molecule has 0 aliphatic rings. The summed E-state index contributed by atoms with van der Waals surface area (Å²) in [7, 11) is 0. The Balaban J connectivity index is 2.87. The van der Waals surface area contributed by atoms with Gasteiger partial charge in [-0.2, -0.15) is 0 Å². The molecule has 0 aliphatic heterocycles. The average Bonchev–Trinajstić information content (AvgIpc) is 2.45. The topological polar surface area (TPSA) is 32.9 Å². The van der Waals surface area contributed by atoms with Gasteiger partial charge in [-0.25, -0.2) is 4.39 Å². The third-order valence-corrected chi connectivity index (χ3v) is 2.86. The van der Waals surface area contributed by atoms with E-state index >= 15 is 0 Å². The molecule has 1 aromatic carbocycles. The Morgan fingerprint density at radius 3 is 2.79 bits per heavy atom. The normalized spacial score (nSPS) is 10.8. The minimum Gasteiger partial charge on any atom is -0.351 e. The highest BCUT2D eigenvalue weighted by molar-refractivity contribution is 9.10. The summed E-state index contributed by atoms with van der Waals surface area (Å²) in [6, 6.07) is 4.70. The molecule has 0 saturated carbocycles. The highest BCUT2D eigenvalue weighted by Gasteiger charge is 2.14. The number of ketones is 1. The van der Waals surface area contributed by atoms with E-state index < -0.39 is 0 Å². The minimum atomic E-state index is -0.335. The number of rotatable bonds is 1. The van der Waals surface area contributed by atoms with Crippen LogP contribution >= 0.6 is 15.9 Å². The molecule has 0 radical (unpaired) electrons. The van der Waals surface area contributed by atoms with Gasteiger partial charge in [0.15, 0.2) is 5.78 Å². The molecule has 0 atom stereocenters. The van der Waals surface area contributed by atoms with E-state index in [0.717, 1.165) is 0 Å². The van der Waals surface area contributed by atoms with Crippen LogP contribution in [0, 0.1) is 5.82 Å². The number of benzene rings is 1. The fraction of sp³-hybridized carbons (Fsp3) is 0.100. The molecule has 2 aromatic rings. The van der Waals surface area contributed by atoms with Crippen LogP contribution in [-0.2, 0) is 0 Å². The van der Waals surface area contributed by atoms with Gasteiger partial charge < -0.3 is 4.98 Å². The molecule has 0 amide bonds. The highest BCUT2D eigenvalue weighted by atomic mass is 79.9. The molecular formula is C10H7BrFNO. The van der Waals surface area contributed by atoms with Crippen molar-refractivity contribution >= 4 is 32.6 Å². The van der Waals surface area contributed by atoms with Gasteiger partial charge in [0.05, 0.1) is 21.1 Å². The largest absolute Gasteiger partial charge is 0.351 e. The maximum Gasteiger partial charge on any atom is 0.177 e. The first-order chi connectivity index (χ1) is 6.61. The lowest BCUT2D eigenvalue weighted by Crippen LogP contribution is -1.91. The summed E-state index contributed by atoms with van der Waals surface area (Å²) in [5.41, 5.74) is 1.03. The van der Waals surface area contributed by atoms with E-state index in [9.17, 15) is 9.18 Å². The minimum absolute atomic E-state index is 0.118. The lowest BCUT2D eigenvalue weighted by atomic mass is 10.2. The number of hydrogen-bond acceptors (Lipinski definition) is 1. The van der Waals surface area contributed by atoms with Crippen molar-refractivity contribution in [1.82, 2.24) is 4.98 Å². The maximum absolute atomic E-state index is 13.4. The Hall–Kier alpha value is -1.16. The second-order valence-electron chi connectivity index (χ2n) is 3.03. The van der Waals surface area contributed by atoms with Crippen LogP contribution in [0.1, 0.15) is 17.4 Å². The summed E-state index contributed by atoms with van der Waals surface area (Å²) in [5, 5.41) is 0.428. The molecule has 2 nitrogen and oxygen atoms in total. The lowest BCUT2D eigenvalue weighted by molar-refractivity contribution is 0.101. The number of carbonyl (C=O) groups excluding carboxylic acids is 1. The van der Waals surface area contributed by atoms with Gasteiger partial charge in [0.1, 0.15) is 5.82 Å². The summed E-state index contributed by atoms with van der Waals surface area (Å²) < 4.78 is 13.9. The summed E-state index contributed by atoms with van der Waals surface area (Å²) in [6.45, 7) is 1.44. The number of carbonyl (C=O) groups is 1. The maximum atomic E-state index is 13.4. The van der Waals surface area contributed by atoms with Crippen LogP contribution in [0.5, 0.6) is 0 Å². The third-order valence-electron chi connectivity index (χ3n) is 2.06. The van der Waals surface area contributed by atoms with Crippen LogP contribution in [-0.4, -0.2) is 10.8 Å². The summed E-state index contributed by atoms with van der Waals surface area (Å²) in [5.74, 6) is -0.453. The third kappa shape index (κ3) is 1.26. The van der Waals surface area contributed by atoms with Gasteiger partial charge in [0.25, 0.3) is 0 Å². The Kier molecular flexibility index (Phi) is 2.15. The number of aromatic amines is 1. The Morgan fingerprint density at radius 2 is 2.21 bits per heavy atom. The van der Waals surface area contributed by atoms with E-state index in [1.54, 1.807) is 12.1 Å². The van der Waals surface area contributed by atoms with Gasteiger partial charge >= 0.3 is 0 Å². The highest BCUT2D eigenvalue weighted by Crippen LogP contribution is 2.29. The van der Waals surface area contributed by atoms with E-state index in [-0.39, 0.29) is 11.6 Å². The SMILES string of the molecule is CC(=O)c1[nH]c2cccc(F)c2c1Br. The van der Waals surface area contributed by atoms with Crippen molar-refractivity contribution in [2.45, 2.75) is 6.92 Å². The number of H-pyrrole nitrogens is 1. The molecule has 72 valence electrons. The first-order valence-electron chi connectivity index (χ1n) is 4.08. The number of Topliss-reactive ketones (excluding diaryl/α,β-unsaturated/α-hetero) is 1. The van der Waals surface area contributed by atoms with Crippen molar-refractivity contribution in [2.24, 2.45) is 0 Å². The molecule has 1 aromatic heterocycles. The predicted octanol–water partition coefficient (Wildman–Crippen LogP) is 3.27. The van der Waals surface area contributed by atoms with Gasteiger partial charge in [-0.3, -0.25) is 4.79 Å². The van der Waals surface area contributed by atoms with Crippen molar-refractivity contribution in [3.8, 4) is 0 Å². The van der Waals surface area contributed by atoms with Crippen LogP contribution in [0.2, 0.25) is 0 Å². The number of nitrogens with one attached hydrogen (secondary N) is 1. The lowest BCUT2D eigenvalue weighted by Gasteiger charge is -1.91. The summed E-state index contributed by atoms with van der Waals surface area (Å²) >= 11 is 3.21. The molecule has 0 saturated heterocycles. The zero-order chi connectivity index (χ0) is 10.3. The van der Waals surface area contributed by atoms with Gasteiger partial charge in [0.2, 0.25) is 0 Å². The zero-order valence-corrected chi connectivity index (χ0v) is 8.98. The monoisotopic (exact) mass is 255 g/mol. The quantitative estimate of drug-likeness (QED) is 0.780. The number of hydrogen-bond donors (Lipinski definition) is 1. The summed E-state index contributed by atoms with van der Waals surface area (Å²) in [6.07, 6.45) is 0. The van der Waals surface area contributed by atoms with E-state index in [1.165, 1.54) is 13.0 Å². The van der Waals surface area contributed by atoms with Crippen molar-refractivity contribution in [3.63, 3.8) is 0 Å². The smallest absolute Gasteiger partial charge is 0.177 e. The first kappa shape index (κ1) is 9.40. The van der Waals surface area contributed by atoms with Gasteiger partial charge in [-0.05, 0) is 28.1 Å². The number of aromatic nitrogens is 1. The predicted molar refractivity (Wildman–Crippen MR) is 56.0 cm³/mol. The van der Waals surface area contributed by atoms with E-state index in [1.807, 2.05) is 0 Å². The Morgan fingerprint density at radius 1 is 1.50 bits per heavy atom. The average molecular weight is 256 g/mol. The molecule has 1 heterocycles. The molecule has 0 unspecified atom stereocenters. The van der Waals surface area contributed by atoms with Gasteiger partial charge in [-0.1, -0.05) is 6.07 Å². The van der Waals surface area contributed by atoms with E-state index in [0.29, 0.717) is 21.1 Å². The molecule has 0 spiro atoms. The Bertz CT molecular complexity index is 518. The van der Waals surface area contributed by atoms with Crippen LogP contribution in [0.25, 0.3) is 10.9 Å². The second-order valence-corrected chi connectivity index (χ2v) is 3.83. The molecule has 0 fully saturated rings. The van der Waals surface area contributed by atoms with Crippen LogP contribution in [0.4, 0.5) is 4.39 Å². The molecule has 14 heavy (non-hydrogen) atoms. The number of halogens is 2. The van der Waals surface area contributed by atoms with Crippen LogP contribution in [0.15, 0.2) is 22.7 Å². The molecular weight excluding hydrogens is 249 g/mol.